The maximum atomic E-state index is 13.3. The van der Waals surface area contributed by atoms with Gasteiger partial charge in [-0.2, -0.15) is 0 Å². The molecule has 5 nitrogen and oxygen atoms in total. The lowest BCUT2D eigenvalue weighted by molar-refractivity contribution is -0.134. The van der Waals surface area contributed by atoms with Gasteiger partial charge in [0.1, 0.15) is 11.6 Å². The van der Waals surface area contributed by atoms with Crippen LogP contribution >= 0.6 is 0 Å². The van der Waals surface area contributed by atoms with Gasteiger partial charge >= 0.3 is 0 Å². The third kappa shape index (κ3) is 6.06. The Morgan fingerprint density at radius 2 is 1.84 bits per heavy atom. The van der Waals surface area contributed by atoms with Gasteiger partial charge in [-0.05, 0) is 55.0 Å². The molecule has 0 atom stereocenters. The first-order valence-corrected chi connectivity index (χ1v) is 10.7. The summed E-state index contributed by atoms with van der Waals surface area (Å²) < 4.78 is 19.2. The molecule has 1 N–H and O–H groups in total. The Bertz CT molecular complexity index is 944. The Morgan fingerprint density at radius 3 is 2.48 bits per heavy atom. The lowest BCUT2D eigenvalue weighted by Gasteiger charge is -2.32. The molecular weight excluding hydrogens is 395 g/mol. The van der Waals surface area contributed by atoms with E-state index in [4.69, 9.17) is 4.74 Å². The third-order valence-corrected chi connectivity index (χ3v) is 5.56. The third-order valence-electron chi connectivity index (χ3n) is 5.56. The van der Waals surface area contributed by atoms with Crippen LogP contribution in [0.15, 0.2) is 42.5 Å². The fraction of sp³-hybridized carbons (Fsp3) is 0.440. The SMILES string of the molecule is Cc1ccc(OCC(=O)N2CCC(NC(=O)c3cccc(F)c3)CC2)c(C(C)(C)C)c1. The van der Waals surface area contributed by atoms with Gasteiger partial charge in [-0.1, -0.05) is 44.5 Å². The molecule has 0 spiro atoms. The van der Waals surface area contributed by atoms with Gasteiger partial charge in [0.15, 0.2) is 6.61 Å². The van der Waals surface area contributed by atoms with Crippen molar-refractivity contribution in [2.45, 2.75) is 52.0 Å². The number of hydrogen-bond donors (Lipinski definition) is 1. The van der Waals surface area contributed by atoms with Crippen LogP contribution in [0.1, 0.15) is 55.1 Å². The van der Waals surface area contributed by atoms with Crippen molar-refractivity contribution in [1.29, 1.82) is 0 Å². The number of piperidine rings is 1. The van der Waals surface area contributed by atoms with Crippen LogP contribution < -0.4 is 10.1 Å². The van der Waals surface area contributed by atoms with Crippen LogP contribution in [0.5, 0.6) is 5.75 Å². The fourth-order valence-corrected chi connectivity index (χ4v) is 3.76. The van der Waals surface area contributed by atoms with E-state index >= 15 is 0 Å². The highest BCUT2D eigenvalue weighted by Gasteiger charge is 2.25. The number of amides is 2. The summed E-state index contributed by atoms with van der Waals surface area (Å²) >= 11 is 0. The molecule has 0 bridgehead atoms. The molecule has 1 aliphatic rings. The average Bonchev–Trinajstić information content (AvgIpc) is 2.72. The van der Waals surface area contributed by atoms with Crippen LogP contribution in [0.3, 0.4) is 0 Å². The van der Waals surface area contributed by atoms with Crippen LogP contribution in [0.25, 0.3) is 0 Å². The summed E-state index contributed by atoms with van der Waals surface area (Å²) in [7, 11) is 0. The van der Waals surface area contributed by atoms with Crippen LogP contribution in [0.2, 0.25) is 0 Å². The van der Waals surface area contributed by atoms with Gasteiger partial charge in [0.2, 0.25) is 0 Å². The molecule has 2 aromatic carbocycles. The lowest BCUT2D eigenvalue weighted by Crippen LogP contribution is -2.47. The van der Waals surface area contributed by atoms with Crippen LogP contribution in [-0.2, 0) is 10.2 Å². The maximum absolute atomic E-state index is 13.3. The normalized spacial score (nSPS) is 14.9. The predicted octanol–water partition coefficient (Wildman–Crippen LogP) is 4.23. The molecule has 166 valence electrons. The molecule has 31 heavy (non-hydrogen) atoms. The van der Waals surface area contributed by atoms with Gasteiger partial charge in [0.05, 0.1) is 0 Å². The van der Waals surface area contributed by atoms with Crippen molar-refractivity contribution in [1.82, 2.24) is 10.2 Å². The fourth-order valence-electron chi connectivity index (χ4n) is 3.76. The second kappa shape index (κ2) is 9.50. The van der Waals surface area contributed by atoms with Gasteiger partial charge in [0.25, 0.3) is 11.8 Å². The molecule has 0 radical (unpaired) electrons. The molecule has 0 saturated carbocycles. The highest BCUT2D eigenvalue weighted by Crippen LogP contribution is 2.32. The van der Waals surface area contributed by atoms with Crippen LogP contribution in [0, 0.1) is 12.7 Å². The Morgan fingerprint density at radius 1 is 1.13 bits per heavy atom. The number of carbonyl (C=O) groups excluding carboxylic acids is 2. The Labute approximate surface area is 183 Å². The van der Waals surface area contributed by atoms with Crippen molar-refractivity contribution in [3.8, 4) is 5.75 Å². The average molecular weight is 427 g/mol. The highest BCUT2D eigenvalue weighted by molar-refractivity contribution is 5.94. The lowest BCUT2D eigenvalue weighted by atomic mass is 9.85. The zero-order valence-corrected chi connectivity index (χ0v) is 18.7. The molecule has 1 fully saturated rings. The maximum Gasteiger partial charge on any atom is 0.260 e. The summed E-state index contributed by atoms with van der Waals surface area (Å²) in [5.41, 5.74) is 2.47. The van der Waals surface area contributed by atoms with Crippen LogP contribution in [0.4, 0.5) is 4.39 Å². The van der Waals surface area contributed by atoms with E-state index < -0.39 is 5.82 Å². The minimum atomic E-state index is -0.434. The molecule has 0 aliphatic carbocycles. The molecule has 1 aliphatic heterocycles. The van der Waals surface area contributed by atoms with E-state index in [0.717, 1.165) is 16.9 Å². The van der Waals surface area contributed by atoms with Crippen molar-refractivity contribution in [3.05, 3.63) is 65.0 Å². The van der Waals surface area contributed by atoms with E-state index in [2.05, 4.69) is 32.2 Å². The number of nitrogens with one attached hydrogen (secondary N) is 1. The first-order valence-electron chi connectivity index (χ1n) is 10.7. The summed E-state index contributed by atoms with van der Waals surface area (Å²) in [5, 5.41) is 2.93. The molecule has 2 aromatic rings. The molecule has 1 heterocycles. The van der Waals surface area contributed by atoms with Gasteiger partial charge in [-0.3, -0.25) is 9.59 Å². The van der Waals surface area contributed by atoms with E-state index in [0.29, 0.717) is 31.5 Å². The van der Waals surface area contributed by atoms with Gasteiger partial charge in [0, 0.05) is 24.7 Å². The molecule has 2 amide bonds. The second-order valence-corrected chi connectivity index (χ2v) is 9.18. The predicted molar refractivity (Wildman–Crippen MR) is 119 cm³/mol. The van der Waals surface area contributed by atoms with E-state index in [-0.39, 0.29) is 29.9 Å². The Balaban J connectivity index is 1.50. The van der Waals surface area contributed by atoms with Crippen molar-refractivity contribution < 1.29 is 18.7 Å². The number of benzene rings is 2. The molecule has 3 rings (SSSR count). The van der Waals surface area contributed by atoms with E-state index in [1.165, 1.54) is 18.2 Å². The number of ether oxygens (including phenoxy) is 1. The number of likely N-dealkylation sites (tertiary alicyclic amines) is 1. The zero-order valence-electron chi connectivity index (χ0n) is 18.7. The second-order valence-electron chi connectivity index (χ2n) is 9.18. The van der Waals surface area contributed by atoms with Crippen molar-refractivity contribution >= 4 is 11.8 Å². The molecule has 0 aromatic heterocycles. The summed E-state index contributed by atoms with van der Waals surface area (Å²) in [5.74, 6) is -0.0445. The number of halogens is 1. The molecule has 6 heteroatoms. The largest absolute Gasteiger partial charge is 0.483 e. The van der Waals surface area contributed by atoms with Crippen molar-refractivity contribution in [2.24, 2.45) is 0 Å². The topological polar surface area (TPSA) is 58.6 Å². The molecular formula is C25H31FN2O3. The number of carbonyl (C=O) groups is 2. The van der Waals surface area contributed by atoms with Gasteiger partial charge < -0.3 is 15.0 Å². The van der Waals surface area contributed by atoms with E-state index in [9.17, 15) is 14.0 Å². The summed E-state index contributed by atoms with van der Waals surface area (Å²) in [4.78, 5) is 26.7. The summed E-state index contributed by atoms with van der Waals surface area (Å²) in [6, 6.07) is 11.6. The Hall–Kier alpha value is -2.89. The Kier molecular flexibility index (Phi) is 6.98. The standard InChI is InChI=1S/C25H31FN2O3/c1-17-8-9-22(21(14-17)25(2,3)4)31-16-23(29)28-12-10-20(11-13-28)27-24(30)18-6-5-7-19(26)15-18/h5-9,14-15,20H,10-13,16H2,1-4H3,(H,27,30). The smallest absolute Gasteiger partial charge is 0.260 e. The monoisotopic (exact) mass is 426 g/mol. The van der Waals surface area contributed by atoms with Crippen LogP contribution in [-0.4, -0.2) is 42.5 Å². The van der Waals surface area contributed by atoms with E-state index in [1.54, 1.807) is 11.0 Å². The number of rotatable bonds is 5. The zero-order chi connectivity index (χ0) is 22.6. The summed E-state index contributed by atoms with van der Waals surface area (Å²) in [6.07, 6.45) is 1.31. The van der Waals surface area contributed by atoms with Gasteiger partial charge in [-0.25, -0.2) is 4.39 Å². The number of hydrogen-bond acceptors (Lipinski definition) is 3. The van der Waals surface area contributed by atoms with E-state index in [1.807, 2.05) is 19.1 Å². The number of aryl methyl sites for hydroxylation is 1. The first-order chi connectivity index (χ1) is 14.6. The van der Waals surface area contributed by atoms with Crippen molar-refractivity contribution in [3.63, 3.8) is 0 Å². The number of nitrogens with zero attached hydrogens (tertiary/aromatic N) is 1. The first kappa shape index (κ1) is 22.8. The molecule has 0 unspecified atom stereocenters. The minimum absolute atomic E-state index is 0.00748. The minimum Gasteiger partial charge on any atom is -0.483 e. The molecule has 1 saturated heterocycles. The summed E-state index contributed by atoms with van der Waals surface area (Å²) in [6.45, 7) is 9.51. The highest BCUT2D eigenvalue weighted by atomic mass is 19.1. The van der Waals surface area contributed by atoms with Crippen molar-refractivity contribution in [2.75, 3.05) is 19.7 Å². The quantitative estimate of drug-likeness (QED) is 0.778. The van der Waals surface area contributed by atoms with Gasteiger partial charge in [-0.15, -0.1) is 0 Å².